The molecule has 3 rings (SSSR count). The van der Waals surface area contributed by atoms with Crippen LogP contribution in [0.2, 0.25) is 0 Å². The molecule has 30 heavy (non-hydrogen) atoms. The van der Waals surface area contributed by atoms with E-state index < -0.39 is 0 Å². The molecule has 0 spiro atoms. The Bertz CT molecular complexity index is 1010. The average molecular weight is 429 g/mol. The molecule has 2 N–H and O–H groups in total. The molecular weight excluding hydrogens is 404 g/mol. The van der Waals surface area contributed by atoms with Gasteiger partial charge >= 0.3 is 5.97 Å². The number of carbonyl (C=O) groups is 1. The molecule has 0 radical (unpaired) electrons. The van der Waals surface area contributed by atoms with Crippen LogP contribution in [-0.2, 0) is 11.2 Å². The summed E-state index contributed by atoms with van der Waals surface area (Å²) in [5.41, 5.74) is 8.82. The maximum Gasteiger partial charge on any atom is 0.350 e. The van der Waals surface area contributed by atoms with E-state index in [1.54, 1.807) is 40.4 Å². The molecule has 158 valence electrons. The van der Waals surface area contributed by atoms with Crippen molar-refractivity contribution in [1.29, 1.82) is 0 Å². The Morgan fingerprint density at radius 2 is 1.67 bits per heavy atom. The molecule has 8 heteroatoms. The summed E-state index contributed by atoms with van der Waals surface area (Å²) in [6.45, 7) is 2.06. The van der Waals surface area contributed by atoms with E-state index in [1.165, 1.54) is 11.3 Å². The van der Waals surface area contributed by atoms with Gasteiger partial charge in [-0.15, -0.1) is 11.3 Å². The number of anilines is 1. The van der Waals surface area contributed by atoms with Gasteiger partial charge in [0.15, 0.2) is 11.5 Å². The van der Waals surface area contributed by atoms with E-state index in [-0.39, 0.29) is 12.6 Å². The van der Waals surface area contributed by atoms with Crippen LogP contribution in [-0.4, -0.2) is 38.9 Å². The van der Waals surface area contributed by atoms with Crippen LogP contribution in [0.15, 0.2) is 36.4 Å². The predicted octanol–water partition coefficient (Wildman–Crippen LogP) is 4.13. The van der Waals surface area contributed by atoms with Crippen LogP contribution in [0.3, 0.4) is 0 Å². The Kier molecular flexibility index (Phi) is 6.79. The van der Waals surface area contributed by atoms with Crippen LogP contribution >= 0.6 is 11.3 Å². The highest BCUT2D eigenvalue weighted by molar-refractivity contribution is 7.17. The second kappa shape index (κ2) is 9.49. The summed E-state index contributed by atoms with van der Waals surface area (Å²) < 4.78 is 21.6. The van der Waals surface area contributed by atoms with Gasteiger partial charge in [-0.05, 0) is 36.8 Å². The number of nitrogens with two attached hydrogens (primary N) is 1. The number of ether oxygens (including phenoxy) is 4. The molecule has 7 nitrogen and oxygen atoms in total. The van der Waals surface area contributed by atoms with Crippen LogP contribution in [0.1, 0.15) is 20.9 Å². The first-order valence-electron chi connectivity index (χ1n) is 9.26. The van der Waals surface area contributed by atoms with Crippen LogP contribution in [0, 0.1) is 6.92 Å². The van der Waals surface area contributed by atoms with Gasteiger partial charge in [-0.2, -0.15) is 0 Å². The van der Waals surface area contributed by atoms with Gasteiger partial charge in [0.2, 0.25) is 5.75 Å². The van der Waals surface area contributed by atoms with Crippen LogP contribution in [0.25, 0.3) is 10.6 Å². The molecule has 0 aliphatic rings. The first kappa shape index (κ1) is 21.4. The third-order valence-corrected chi connectivity index (χ3v) is 5.68. The fourth-order valence-electron chi connectivity index (χ4n) is 2.93. The second-order valence-corrected chi connectivity index (χ2v) is 7.47. The number of hydrogen-bond acceptors (Lipinski definition) is 8. The number of benzene rings is 2. The van der Waals surface area contributed by atoms with E-state index in [9.17, 15) is 4.79 Å². The highest BCUT2D eigenvalue weighted by atomic mass is 32.1. The number of esters is 1. The number of nitrogen functional groups attached to an aromatic ring is 1. The monoisotopic (exact) mass is 428 g/mol. The van der Waals surface area contributed by atoms with Crippen molar-refractivity contribution in [1.82, 2.24) is 4.98 Å². The number of aromatic nitrogens is 1. The molecule has 2 aromatic carbocycles. The van der Waals surface area contributed by atoms with Gasteiger partial charge in [0, 0.05) is 17.7 Å². The van der Waals surface area contributed by atoms with E-state index in [4.69, 9.17) is 24.7 Å². The van der Waals surface area contributed by atoms with Crippen molar-refractivity contribution >= 4 is 23.0 Å². The molecule has 0 saturated carbocycles. The molecule has 1 aromatic heterocycles. The lowest BCUT2D eigenvalue weighted by Gasteiger charge is -2.13. The first-order chi connectivity index (χ1) is 14.5. The third-order valence-electron chi connectivity index (χ3n) is 4.50. The number of nitrogens with zero attached hydrogens (tertiary/aromatic N) is 1. The topological polar surface area (TPSA) is 92.9 Å². The van der Waals surface area contributed by atoms with Gasteiger partial charge < -0.3 is 24.7 Å². The number of hydrogen-bond donors (Lipinski definition) is 1. The van der Waals surface area contributed by atoms with Gasteiger partial charge in [-0.1, -0.05) is 12.1 Å². The molecule has 0 bridgehead atoms. The second-order valence-electron chi connectivity index (χ2n) is 6.48. The zero-order valence-corrected chi connectivity index (χ0v) is 18.2. The zero-order chi connectivity index (χ0) is 21.7. The highest BCUT2D eigenvalue weighted by Gasteiger charge is 2.20. The fourth-order valence-corrected chi connectivity index (χ4v) is 3.87. The van der Waals surface area contributed by atoms with Crippen LogP contribution in [0.4, 0.5) is 5.69 Å². The molecular formula is C22H24N2O5S. The number of thiazole rings is 1. The van der Waals surface area contributed by atoms with Gasteiger partial charge in [0.25, 0.3) is 0 Å². The van der Waals surface area contributed by atoms with Crippen LogP contribution in [0.5, 0.6) is 17.2 Å². The smallest absolute Gasteiger partial charge is 0.350 e. The molecule has 0 unspecified atom stereocenters. The van der Waals surface area contributed by atoms with Crippen molar-refractivity contribution in [2.45, 2.75) is 13.3 Å². The Morgan fingerprint density at radius 3 is 2.23 bits per heavy atom. The third kappa shape index (κ3) is 4.65. The quantitative estimate of drug-likeness (QED) is 0.426. The lowest BCUT2D eigenvalue weighted by Crippen LogP contribution is -2.08. The Morgan fingerprint density at radius 1 is 1.03 bits per heavy atom. The van der Waals surface area contributed by atoms with Gasteiger partial charge in [-0.3, -0.25) is 0 Å². The maximum atomic E-state index is 12.6. The normalized spacial score (nSPS) is 10.5. The predicted molar refractivity (Wildman–Crippen MR) is 117 cm³/mol. The number of aryl methyl sites for hydroxylation is 1. The lowest BCUT2D eigenvalue weighted by molar-refractivity contribution is 0.0514. The molecule has 0 aliphatic carbocycles. The Hall–Kier alpha value is -3.26. The molecule has 0 amide bonds. The van der Waals surface area contributed by atoms with E-state index in [0.29, 0.717) is 44.9 Å². The van der Waals surface area contributed by atoms with Crippen molar-refractivity contribution in [3.8, 4) is 27.8 Å². The Balaban J connectivity index is 1.76. The van der Waals surface area contributed by atoms with Crippen LogP contribution < -0.4 is 19.9 Å². The van der Waals surface area contributed by atoms with Crippen molar-refractivity contribution < 1.29 is 23.7 Å². The number of methoxy groups -OCH3 is 3. The summed E-state index contributed by atoms with van der Waals surface area (Å²) in [5, 5.41) is 0.664. The van der Waals surface area contributed by atoms with E-state index >= 15 is 0 Å². The zero-order valence-electron chi connectivity index (χ0n) is 17.4. The summed E-state index contributed by atoms with van der Waals surface area (Å²) >= 11 is 1.27. The van der Waals surface area contributed by atoms with Crippen molar-refractivity contribution in [2.75, 3.05) is 33.7 Å². The summed E-state index contributed by atoms with van der Waals surface area (Å²) in [7, 11) is 4.65. The first-order valence-corrected chi connectivity index (χ1v) is 10.1. The van der Waals surface area contributed by atoms with Crippen molar-refractivity contribution in [3.63, 3.8) is 0 Å². The summed E-state index contributed by atoms with van der Waals surface area (Å²) in [6.07, 6.45) is 0.615. The van der Waals surface area contributed by atoms with Gasteiger partial charge in [0.05, 0.1) is 33.6 Å². The number of carbonyl (C=O) groups excluding carboxylic acids is 1. The molecule has 1 heterocycles. The van der Waals surface area contributed by atoms with Crippen molar-refractivity contribution in [3.05, 3.63) is 52.5 Å². The SMILES string of the molecule is COc1cc(-c2nc(C)c(C(=O)OCCc3ccc(N)cc3)s2)cc(OC)c1OC. The minimum Gasteiger partial charge on any atom is -0.493 e. The Labute approximate surface area is 179 Å². The minimum absolute atomic E-state index is 0.277. The van der Waals surface area contributed by atoms with E-state index in [0.717, 1.165) is 11.1 Å². The minimum atomic E-state index is -0.390. The van der Waals surface area contributed by atoms with E-state index in [1.807, 2.05) is 24.3 Å². The molecule has 0 fully saturated rings. The van der Waals surface area contributed by atoms with Gasteiger partial charge in [0.1, 0.15) is 9.88 Å². The molecule has 0 atom stereocenters. The van der Waals surface area contributed by atoms with Gasteiger partial charge in [-0.25, -0.2) is 9.78 Å². The summed E-state index contributed by atoms with van der Waals surface area (Å²) in [5.74, 6) is 1.15. The average Bonchev–Trinajstić information content (AvgIpc) is 3.15. The molecule has 3 aromatic rings. The van der Waals surface area contributed by atoms with E-state index in [2.05, 4.69) is 4.98 Å². The maximum absolute atomic E-state index is 12.6. The lowest BCUT2D eigenvalue weighted by atomic mass is 10.1. The molecule has 0 saturated heterocycles. The molecule has 0 aliphatic heterocycles. The summed E-state index contributed by atoms with van der Waals surface area (Å²) in [6, 6.07) is 11.1. The largest absolute Gasteiger partial charge is 0.493 e. The fraction of sp³-hybridized carbons (Fsp3) is 0.273. The standard InChI is InChI=1S/C22H24N2O5S/c1-13-20(22(25)29-10-9-14-5-7-16(23)8-6-14)30-21(24-13)15-11-17(26-2)19(28-4)18(12-15)27-3/h5-8,11-12H,9-10,23H2,1-4H3. The number of rotatable bonds is 8. The van der Waals surface area contributed by atoms with Crippen molar-refractivity contribution in [2.24, 2.45) is 0 Å². The summed E-state index contributed by atoms with van der Waals surface area (Å²) in [4.78, 5) is 17.6. The highest BCUT2D eigenvalue weighted by Crippen LogP contribution is 2.42.